The van der Waals surface area contributed by atoms with Crippen molar-refractivity contribution in [1.82, 2.24) is 15.1 Å². The van der Waals surface area contributed by atoms with Crippen LogP contribution in [0.3, 0.4) is 0 Å². The van der Waals surface area contributed by atoms with Crippen LogP contribution in [0.15, 0.2) is 28.9 Å². The molecule has 1 N–H and O–H groups in total. The number of carbonyl (C=O) groups is 1. The van der Waals surface area contributed by atoms with E-state index in [0.717, 1.165) is 12.8 Å². The molecular weight excluding hydrogens is 258 g/mol. The van der Waals surface area contributed by atoms with Crippen molar-refractivity contribution in [2.24, 2.45) is 0 Å². The lowest BCUT2D eigenvalue weighted by molar-refractivity contribution is 0.0347. The van der Waals surface area contributed by atoms with Gasteiger partial charge in [-0.3, -0.25) is 9.89 Å². The second-order valence-corrected chi connectivity index (χ2v) is 4.87. The molecule has 3 rings (SSSR count). The van der Waals surface area contributed by atoms with Crippen molar-refractivity contribution in [2.45, 2.75) is 18.9 Å². The minimum absolute atomic E-state index is 0.0476. The van der Waals surface area contributed by atoms with Crippen LogP contribution >= 0.6 is 0 Å². The Hall–Kier alpha value is -2.08. The number of nitrogens with zero attached hydrogens (tertiary/aromatic N) is 2. The highest BCUT2D eigenvalue weighted by Gasteiger charge is 2.25. The summed E-state index contributed by atoms with van der Waals surface area (Å²) in [6, 6.07) is 5.35. The van der Waals surface area contributed by atoms with Gasteiger partial charge in [-0.2, -0.15) is 5.10 Å². The Bertz CT molecular complexity index is 568. The molecule has 20 heavy (non-hydrogen) atoms. The maximum Gasteiger partial charge on any atom is 0.274 e. The standard InChI is InChI=1S/C14H17N3O3/c1-19-10-4-6-17(7-5-10)14(18)12-9-11(15-16-12)13-3-2-8-20-13/h2-3,8-10H,4-7H2,1H3,(H,15,16). The predicted molar refractivity (Wildman–Crippen MR) is 72.2 cm³/mol. The van der Waals surface area contributed by atoms with Crippen LogP contribution in [-0.2, 0) is 4.74 Å². The van der Waals surface area contributed by atoms with Gasteiger partial charge in [-0.15, -0.1) is 0 Å². The second-order valence-electron chi connectivity index (χ2n) is 4.87. The van der Waals surface area contributed by atoms with Gasteiger partial charge in [0.25, 0.3) is 5.91 Å². The monoisotopic (exact) mass is 275 g/mol. The fourth-order valence-electron chi connectivity index (χ4n) is 2.45. The summed E-state index contributed by atoms with van der Waals surface area (Å²) in [7, 11) is 1.71. The van der Waals surface area contributed by atoms with Crippen molar-refractivity contribution in [2.75, 3.05) is 20.2 Å². The van der Waals surface area contributed by atoms with Crippen LogP contribution in [0.25, 0.3) is 11.5 Å². The Morgan fingerprint density at radius 3 is 2.95 bits per heavy atom. The van der Waals surface area contributed by atoms with Gasteiger partial charge in [-0.1, -0.05) is 0 Å². The molecule has 0 atom stereocenters. The van der Waals surface area contributed by atoms with Crippen molar-refractivity contribution in [3.8, 4) is 11.5 Å². The average Bonchev–Trinajstić information content (AvgIpc) is 3.17. The lowest BCUT2D eigenvalue weighted by Crippen LogP contribution is -2.40. The number of methoxy groups -OCH3 is 1. The predicted octanol–water partition coefficient (Wildman–Crippen LogP) is 1.92. The maximum atomic E-state index is 12.3. The molecule has 1 aliphatic heterocycles. The lowest BCUT2D eigenvalue weighted by atomic mass is 10.1. The first-order valence-electron chi connectivity index (χ1n) is 6.69. The zero-order valence-corrected chi connectivity index (χ0v) is 11.3. The molecule has 6 heteroatoms. The number of piperidine rings is 1. The van der Waals surface area contributed by atoms with E-state index in [4.69, 9.17) is 9.15 Å². The van der Waals surface area contributed by atoms with Gasteiger partial charge in [0.2, 0.25) is 0 Å². The van der Waals surface area contributed by atoms with E-state index >= 15 is 0 Å². The maximum absolute atomic E-state index is 12.3. The first-order chi connectivity index (χ1) is 9.78. The van der Waals surface area contributed by atoms with Crippen molar-refractivity contribution < 1.29 is 13.9 Å². The number of likely N-dealkylation sites (tertiary alicyclic amines) is 1. The summed E-state index contributed by atoms with van der Waals surface area (Å²) in [5.74, 6) is 0.628. The van der Waals surface area contributed by atoms with Crippen LogP contribution in [0.1, 0.15) is 23.3 Å². The molecule has 0 radical (unpaired) electrons. The molecule has 0 saturated carbocycles. The number of aromatic nitrogens is 2. The Balaban J connectivity index is 1.69. The molecule has 0 unspecified atom stereocenters. The smallest absolute Gasteiger partial charge is 0.274 e. The summed E-state index contributed by atoms with van der Waals surface area (Å²) in [6.45, 7) is 1.42. The minimum Gasteiger partial charge on any atom is -0.463 e. The zero-order valence-electron chi connectivity index (χ0n) is 11.3. The average molecular weight is 275 g/mol. The number of aromatic amines is 1. The molecule has 0 bridgehead atoms. The number of hydrogen-bond acceptors (Lipinski definition) is 4. The minimum atomic E-state index is -0.0476. The molecule has 1 saturated heterocycles. The first-order valence-corrected chi connectivity index (χ1v) is 6.69. The highest BCUT2D eigenvalue weighted by molar-refractivity contribution is 5.93. The van der Waals surface area contributed by atoms with Crippen LogP contribution in [0.5, 0.6) is 0 Å². The third kappa shape index (κ3) is 2.46. The van der Waals surface area contributed by atoms with Gasteiger partial charge in [0.15, 0.2) is 11.5 Å². The number of rotatable bonds is 3. The van der Waals surface area contributed by atoms with Gasteiger partial charge in [-0.05, 0) is 25.0 Å². The number of amides is 1. The van der Waals surface area contributed by atoms with Gasteiger partial charge in [0, 0.05) is 26.3 Å². The fraction of sp³-hybridized carbons (Fsp3) is 0.429. The summed E-state index contributed by atoms with van der Waals surface area (Å²) in [4.78, 5) is 14.2. The molecule has 6 nitrogen and oxygen atoms in total. The van der Waals surface area contributed by atoms with Gasteiger partial charge < -0.3 is 14.1 Å². The van der Waals surface area contributed by atoms with Crippen molar-refractivity contribution in [3.05, 3.63) is 30.2 Å². The Kier molecular flexibility index (Phi) is 3.56. The number of furan rings is 1. The lowest BCUT2D eigenvalue weighted by Gasteiger charge is -2.30. The fourth-order valence-corrected chi connectivity index (χ4v) is 2.45. The Morgan fingerprint density at radius 1 is 1.50 bits per heavy atom. The van der Waals surface area contributed by atoms with E-state index in [1.807, 2.05) is 11.0 Å². The van der Waals surface area contributed by atoms with Crippen molar-refractivity contribution >= 4 is 5.91 Å². The van der Waals surface area contributed by atoms with Crippen LogP contribution in [0.4, 0.5) is 0 Å². The van der Waals surface area contributed by atoms with E-state index < -0.39 is 0 Å². The van der Waals surface area contributed by atoms with Gasteiger partial charge in [0.1, 0.15) is 5.69 Å². The highest BCUT2D eigenvalue weighted by atomic mass is 16.5. The highest BCUT2D eigenvalue weighted by Crippen LogP contribution is 2.20. The van der Waals surface area contributed by atoms with E-state index in [0.29, 0.717) is 30.2 Å². The van der Waals surface area contributed by atoms with Crippen molar-refractivity contribution in [1.29, 1.82) is 0 Å². The molecule has 0 aliphatic carbocycles. The Labute approximate surface area is 116 Å². The van der Waals surface area contributed by atoms with Gasteiger partial charge in [0.05, 0.1) is 12.4 Å². The first kappa shape index (κ1) is 12.9. The Morgan fingerprint density at radius 2 is 2.30 bits per heavy atom. The number of carbonyl (C=O) groups excluding carboxylic acids is 1. The third-order valence-corrected chi connectivity index (χ3v) is 3.65. The molecular formula is C14H17N3O3. The van der Waals surface area contributed by atoms with E-state index in [-0.39, 0.29) is 12.0 Å². The van der Waals surface area contributed by atoms with Crippen LogP contribution in [0, 0.1) is 0 Å². The summed E-state index contributed by atoms with van der Waals surface area (Å²) in [5, 5.41) is 6.91. The molecule has 1 amide bonds. The molecule has 2 aromatic heterocycles. The molecule has 1 fully saturated rings. The van der Waals surface area contributed by atoms with E-state index in [9.17, 15) is 4.79 Å². The van der Waals surface area contributed by atoms with Gasteiger partial charge >= 0.3 is 0 Å². The number of hydrogen-bond donors (Lipinski definition) is 1. The second kappa shape index (κ2) is 5.50. The van der Waals surface area contributed by atoms with E-state index in [2.05, 4.69) is 10.2 Å². The van der Waals surface area contributed by atoms with Crippen molar-refractivity contribution in [3.63, 3.8) is 0 Å². The van der Waals surface area contributed by atoms with Crippen LogP contribution in [0.2, 0.25) is 0 Å². The SMILES string of the molecule is COC1CCN(C(=O)c2cc(-c3ccco3)[nH]n2)CC1. The number of H-pyrrole nitrogens is 1. The topological polar surface area (TPSA) is 71.4 Å². The molecule has 1 aliphatic rings. The number of nitrogens with one attached hydrogen (secondary N) is 1. The largest absolute Gasteiger partial charge is 0.463 e. The summed E-state index contributed by atoms with van der Waals surface area (Å²) >= 11 is 0. The third-order valence-electron chi connectivity index (χ3n) is 3.65. The molecule has 106 valence electrons. The summed E-state index contributed by atoms with van der Waals surface area (Å²) < 4.78 is 10.6. The van der Waals surface area contributed by atoms with Crippen LogP contribution in [-0.4, -0.2) is 47.3 Å². The summed E-state index contributed by atoms with van der Waals surface area (Å²) in [6.07, 6.45) is 3.60. The quantitative estimate of drug-likeness (QED) is 0.929. The summed E-state index contributed by atoms with van der Waals surface area (Å²) in [5.41, 5.74) is 1.14. The van der Waals surface area contributed by atoms with E-state index in [1.165, 1.54) is 0 Å². The molecule has 2 aromatic rings. The van der Waals surface area contributed by atoms with Gasteiger partial charge in [-0.25, -0.2) is 0 Å². The molecule has 0 spiro atoms. The molecule has 0 aromatic carbocycles. The normalized spacial score (nSPS) is 16.6. The van der Waals surface area contributed by atoms with E-state index in [1.54, 1.807) is 25.5 Å². The molecule has 3 heterocycles. The number of ether oxygens (including phenoxy) is 1. The van der Waals surface area contributed by atoms with Crippen LogP contribution < -0.4 is 0 Å². The zero-order chi connectivity index (χ0) is 13.9.